The van der Waals surface area contributed by atoms with Crippen molar-refractivity contribution in [3.63, 3.8) is 0 Å². The summed E-state index contributed by atoms with van der Waals surface area (Å²) >= 11 is 0. The summed E-state index contributed by atoms with van der Waals surface area (Å²) in [5, 5.41) is 0. The molecule has 0 amide bonds. The molecule has 15 spiro atoms. The van der Waals surface area contributed by atoms with Crippen LogP contribution in [0.25, 0.3) is 0 Å². The maximum Gasteiger partial charge on any atom is -0.000741 e. The van der Waals surface area contributed by atoms with E-state index < -0.39 is 0 Å². The van der Waals surface area contributed by atoms with Crippen molar-refractivity contribution in [1.82, 2.24) is 0 Å². The standard InChI is InChI=1S/C36H24/c1-4-12-5-2-7-14-20-21-18-11-9-10-16(9)22-3-8-15-13-6(1)23(4)28(12)24(5,7)30(14)33(20)31(21)25(18)17(11)19(10)27(22,25)34(31)26(8,22)32(15)29(13,23)35(28,30)36(32,33)34/h4-21H,1-3H2. The molecule has 0 heterocycles. The summed E-state index contributed by atoms with van der Waals surface area (Å²) in [6.45, 7) is 0. The Balaban J connectivity index is 1.04. The molecule has 0 nitrogen and oxygen atoms in total. The quantitative estimate of drug-likeness (QED) is 0.524. The van der Waals surface area contributed by atoms with E-state index in [1.807, 2.05) is 19.3 Å². The second-order valence-electron chi connectivity index (χ2n) is 23.0. The predicted octanol–water partition coefficient (Wildman–Crippen LogP) is 3.38. The summed E-state index contributed by atoms with van der Waals surface area (Å²) in [6, 6.07) is 0. The van der Waals surface area contributed by atoms with E-state index in [0.29, 0.717) is 0 Å². The molecule has 33 unspecified atom stereocenters. The van der Waals surface area contributed by atoms with Crippen molar-refractivity contribution in [1.29, 1.82) is 0 Å². The minimum atomic E-state index is 1.08. The summed E-state index contributed by atoms with van der Waals surface area (Å²) in [6.07, 6.45) is 5.52. The average Bonchev–Trinajstić information content (AvgIpc) is 3.37. The molecule has 0 N–H and O–H groups in total. The first kappa shape index (κ1) is 12.2. The molecular weight excluding hydrogens is 432 g/mol. The van der Waals surface area contributed by atoms with E-state index in [-0.39, 0.29) is 0 Å². The highest BCUT2D eigenvalue weighted by molar-refractivity contribution is 6.04. The molecule has 168 valence electrons. The lowest BCUT2D eigenvalue weighted by atomic mass is 8.45. The third-order valence-electron chi connectivity index (χ3n) is 30.2. The predicted molar refractivity (Wildman–Crippen MR) is 113 cm³/mol. The maximum absolute atomic E-state index is 1.90. The van der Waals surface area contributed by atoms with Gasteiger partial charge in [0.25, 0.3) is 0 Å². The van der Waals surface area contributed by atoms with Crippen molar-refractivity contribution in [2.45, 2.75) is 19.3 Å². The third-order valence-corrected chi connectivity index (χ3v) is 30.2. The maximum atomic E-state index is 1.90. The fraction of sp³-hybridized carbons (Fsp3) is 1.00. The number of hydrogen-bond donors (Lipinski definition) is 0. The molecule has 25 rings (SSSR count). The highest BCUT2D eigenvalue weighted by Crippen LogP contribution is 3.60. The van der Waals surface area contributed by atoms with Crippen molar-refractivity contribution in [3.05, 3.63) is 0 Å². The van der Waals surface area contributed by atoms with Gasteiger partial charge in [-0.25, -0.2) is 0 Å². The normalized spacial score (nSPS) is 136. The van der Waals surface area contributed by atoms with Crippen molar-refractivity contribution >= 4 is 0 Å². The lowest BCUT2D eigenvalue weighted by molar-refractivity contribution is -1.13. The molecule has 25 aliphatic carbocycles. The van der Waals surface area contributed by atoms with Crippen LogP contribution in [0.1, 0.15) is 19.3 Å². The van der Waals surface area contributed by atoms with Gasteiger partial charge >= 0.3 is 0 Å². The van der Waals surface area contributed by atoms with Gasteiger partial charge in [0.15, 0.2) is 0 Å². The van der Waals surface area contributed by atoms with Crippen molar-refractivity contribution in [2.24, 2.45) is 188 Å². The van der Waals surface area contributed by atoms with Crippen molar-refractivity contribution in [3.8, 4) is 0 Å². The molecule has 25 saturated carbocycles. The Morgan fingerprint density at radius 2 is 0.944 bits per heavy atom. The van der Waals surface area contributed by atoms with E-state index in [1.54, 1.807) is 0 Å². The molecule has 25 aliphatic rings. The Kier molecular flexibility index (Phi) is 0.637. The van der Waals surface area contributed by atoms with Gasteiger partial charge in [0, 0.05) is 0 Å². The van der Waals surface area contributed by atoms with Gasteiger partial charge < -0.3 is 0 Å². The van der Waals surface area contributed by atoms with E-state index in [1.165, 1.54) is 107 Å². The van der Waals surface area contributed by atoms with Gasteiger partial charge in [-0.05, 0) is 207 Å². The lowest BCUT2D eigenvalue weighted by Crippen LogP contribution is -3.56. The molecular formula is C36H24. The molecule has 0 radical (unpaired) electrons. The summed E-state index contributed by atoms with van der Waals surface area (Å²) in [5.41, 5.74) is 16.8. The van der Waals surface area contributed by atoms with Crippen LogP contribution < -0.4 is 0 Å². The van der Waals surface area contributed by atoms with Crippen LogP contribution in [0.4, 0.5) is 0 Å². The molecule has 33 atom stereocenters. The Bertz CT molecular complexity index is 2110. The van der Waals surface area contributed by atoms with Crippen LogP contribution in [-0.2, 0) is 0 Å². The van der Waals surface area contributed by atoms with Crippen LogP contribution in [0.15, 0.2) is 0 Å². The fourth-order valence-corrected chi connectivity index (χ4v) is 37.7. The average molecular weight is 457 g/mol. The van der Waals surface area contributed by atoms with E-state index in [0.717, 1.165) is 81.2 Å². The van der Waals surface area contributed by atoms with Crippen molar-refractivity contribution < 1.29 is 0 Å². The lowest BCUT2D eigenvalue weighted by Gasteiger charge is -3.57. The molecule has 0 aromatic heterocycles. The van der Waals surface area contributed by atoms with Gasteiger partial charge in [-0.1, -0.05) is 0 Å². The molecule has 0 bridgehead atoms. The highest BCUT2D eigenvalue weighted by atomic mass is 15.6. The highest BCUT2D eigenvalue weighted by Gasteiger charge is 3.59. The van der Waals surface area contributed by atoms with E-state index in [9.17, 15) is 0 Å². The van der Waals surface area contributed by atoms with Gasteiger partial charge in [0.1, 0.15) is 0 Å². The second-order valence-corrected chi connectivity index (χ2v) is 23.0. The summed E-state index contributed by atoms with van der Waals surface area (Å²) in [4.78, 5) is 0. The van der Waals surface area contributed by atoms with Gasteiger partial charge in [0.05, 0.1) is 0 Å². The van der Waals surface area contributed by atoms with Crippen LogP contribution in [0.5, 0.6) is 0 Å². The minimum Gasteiger partial charge on any atom is -0.0458 e. The minimum absolute atomic E-state index is 1.08. The SMILES string of the molecule is C1C2C3C4CC5C6C7C8C9C%10C%11C%12C%11C%11%13CC%14C%15C%16C1C21C32C45C63C74C85C96C%10C%12C%116C56C%14%13C%155C%161C23C546. The Morgan fingerprint density at radius 1 is 0.333 bits per heavy atom. The smallest absolute Gasteiger partial charge is 0.000741 e. The topological polar surface area (TPSA) is 0 Å². The molecule has 0 aromatic carbocycles. The van der Waals surface area contributed by atoms with Gasteiger partial charge in [0.2, 0.25) is 0 Å². The van der Waals surface area contributed by atoms with Crippen LogP contribution in [0.2, 0.25) is 0 Å². The molecule has 25 fully saturated rings. The van der Waals surface area contributed by atoms with Crippen LogP contribution in [0, 0.1) is 188 Å². The van der Waals surface area contributed by atoms with Crippen molar-refractivity contribution in [2.75, 3.05) is 0 Å². The van der Waals surface area contributed by atoms with E-state index >= 15 is 0 Å². The molecule has 36 heavy (non-hydrogen) atoms. The monoisotopic (exact) mass is 456 g/mol. The Hall–Kier alpha value is 0. The first-order valence-corrected chi connectivity index (χ1v) is 17.9. The van der Waals surface area contributed by atoms with Gasteiger partial charge in [-0.2, -0.15) is 0 Å². The zero-order chi connectivity index (χ0) is 20.0. The first-order chi connectivity index (χ1) is 17.9. The number of rotatable bonds is 0. The Morgan fingerprint density at radius 3 is 1.81 bits per heavy atom. The van der Waals surface area contributed by atoms with E-state index in [4.69, 9.17) is 0 Å². The van der Waals surface area contributed by atoms with Gasteiger partial charge in [-0.3, -0.25) is 0 Å². The zero-order valence-electron chi connectivity index (χ0n) is 20.0. The molecule has 0 heteroatoms. The van der Waals surface area contributed by atoms with Crippen LogP contribution in [-0.4, -0.2) is 0 Å². The largest absolute Gasteiger partial charge is 0.0458 e. The Labute approximate surface area is 206 Å². The zero-order valence-corrected chi connectivity index (χ0v) is 20.0. The fourth-order valence-electron chi connectivity index (χ4n) is 37.7. The second kappa shape index (κ2) is 1.87. The van der Waals surface area contributed by atoms with Crippen LogP contribution in [0.3, 0.4) is 0 Å². The first-order valence-electron chi connectivity index (χ1n) is 17.9. The third kappa shape index (κ3) is 0.275. The van der Waals surface area contributed by atoms with Gasteiger partial charge in [-0.15, -0.1) is 0 Å². The molecule has 0 aliphatic heterocycles. The summed E-state index contributed by atoms with van der Waals surface area (Å²) in [5.74, 6) is 24.9. The summed E-state index contributed by atoms with van der Waals surface area (Å²) in [7, 11) is 0. The number of hydrogen-bond acceptors (Lipinski definition) is 0. The molecule has 0 aromatic rings. The molecule has 0 saturated heterocycles. The van der Waals surface area contributed by atoms with E-state index in [2.05, 4.69) is 0 Å². The number of fused-ring (bicyclic) bond motifs is 12. The summed E-state index contributed by atoms with van der Waals surface area (Å²) < 4.78 is 0. The van der Waals surface area contributed by atoms with Crippen LogP contribution >= 0.6 is 0 Å².